The average molecular weight is 431 g/mol. The van der Waals surface area contributed by atoms with Gasteiger partial charge in [0.1, 0.15) is 0 Å². The van der Waals surface area contributed by atoms with Crippen LogP contribution in [0.3, 0.4) is 0 Å². The van der Waals surface area contributed by atoms with E-state index in [1.54, 1.807) is 18.2 Å². The molecule has 4 rings (SSSR count). The van der Waals surface area contributed by atoms with Gasteiger partial charge in [-0.25, -0.2) is 4.79 Å². The standard InChI is InChI=1S/C20H12Cl2N2O5/c21-14-3-1-10(6-15(14)22)5-11-2-4-17-16(7-11)23-19-13(20(25)26)8-12(24(27)28)9-18(19)29-17/h1-4,6-9,23H,5H2,(H,25,26). The highest BCUT2D eigenvalue weighted by Gasteiger charge is 2.26. The van der Waals surface area contributed by atoms with Crippen molar-refractivity contribution in [1.82, 2.24) is 0 Å². The largest absolute Gasteiger partial charge is 0.478 e. The molecule has 0 aromatic heterocycles. The maximum absolute atomic E-state index is 11.6. The SMILES string of the molecule is O=C(O)c1cc([N+](=O)[O-])cc2c1Nc1cc(Cc3ccc(Cl)c(Cl)c3)ccc1O2. The second-order valence-corrected chi connectivity index (χ2v) is 7.23. The van der Waals surface area contributed by atoms with Crippen LogP contribution in [0, 0.1) is 10.1 Å². The Balaban J connectivity index is 1.69. The fraction of sp³-hybridized carbons (Fsp3) is 0.0500. The predicted octanol–water partition coefficient (Wildman–Crippen LogP) is 6.04. The summed E-state index contributed by atoms with van der Waals surface area (Å²) in [6.07, 6.45) is 0.574. The van der Waals surface area contributed by atoms with E-state index in [9.17, 15) is 20.0 Å². The van der Waals surface area contributed by atoms with Gasteiger partial charge >= 0.3 is 5.97 Å². The lowest BCUT2D eigenvalue weighted by molar-refractivity contribution is -0.384. The maximum atomic E-state index is 11.6. The van der Waals surface area contributed by atoms with Crippen LogP contribution in [-0.4, -0.2) is 16.0 Å². The predicted molar refractivity (Wildman–Crippen MR) is 109 cm³/mol. The summed E-state index contributed by atoms with van der Waals surface area (Å²) in [6.45, 7) is 0. The molecule has 1 aliphatic heterocycles. The van der Waals surface area contributed by atoms with Crippen LogP contribution >= 0.6 is 23.2 Å². The van der Waals surface area contributed by atoms with Gasteiger partial charge in [-0.05, 0) is 41.8 Å². The Morgan fingerprint density at radius 3 is 2.45 bits per heavy atom. The number of ether oxygens (including phenoxy) is 1. The minimum absolute atomic E-state index is 0.0846. The number of nitrogens with one attached hydrogen (secondary N) is 1. The number of benzene rings is 3. The lowest BCUT2D eigenvalue weighted by atomic mass is 10.0. The number of halogens is 2. The molecule has 0 saturated heterocycles. The molecule has 29 heavy (non-hydrogen) atoms. The summed E-state index contributed by atoms with van der Waals surface area (Å²) < 4.78 is 5.73. The second kappa shape index (κ2) is 7.27. The first-order valence-electron chi connectivity index (χ1n) is 8.39. The lowest BCUT2D eigenvalue weighted by Crippen LogP contribution is -2.10. The number of anilines is 2. The van der Waals surface area contributed by atoms with Crippen LogP contribution in [0.4, 0.5) is 17.1 Å². The number of non-ortho nitro benzene ring substituents is 1. The molecule has 0 bridgehead atoms. The number of rotatable bonds is 4. The molecule has 0 radical (unpaired) electrons. The molecule has 0 unspecified atom stereocenters. The molecule has 0 aliphatic carbocycles. The third kappa shape index (κ3) is 3.70. The summed E-state index contributed by atoms with van der Waals surface area (Å²) >= 11 is 12.0. The van der Waals surface area contributed by atoms with Crippen molar-refractivity contribution in [2.24, 2.45) is 0 Å². The van der Waals surface area contributed by atoms with Crippen LogP contribution in [0.2, 0.25) is 10.0 Å². The quantitative estimate of drug-likeness (QED) is 0.302. The van der Waals surface area contributed by atoms with E-state index in [4.69, 9.17) is 27.9 Å². The summed E-state index contributed by atoms with van der Waals surface area (Å²) in [4.78, 5) is 22.0. The number of fused-ring (bicyclic) bond motifs is 2. The van der Waals surface area contributed by atoms with Crippen molar-refractivity contribution in [2.45, 2.75) is 6.42 Å². The number of carboxylic acids is 1. The van der Waals surface area contributed by atoms with Crippen LogP contribution in [0.25, 0.3) is 0 Å². The Kier molecular flexibility index (Phi) is 4.77. The van der Waals surface area contributed by atoms with E-state index in [0.717, 1.165) is 17.2 Å². The molecule has 0 fully saturated rings. The molecular formula is C20H12Cl2N2O5. The highest BCUT2D eigenvalue weighted by Crippen LogP contribution is 2.45. The van der Waals surface area contributed by atoms with Crippen molar-refractivity contribution in [1.29, 1.82) is 0 Å². The molecule has 3 aromatic carbocycles. The van der Waals surface area contributed by atoms with Crippen LogP contribution in [0.15, 0.2) is 48.5 Å². The van der Waals surface area contributed by atoms with E-state index < -0.39 is 10.9 Å². The Morgan fingerprint density at radius 2 is 1.76 bits per heavy atom. The number of nitro groups is 1. The van der Waals surface area contributed by atoms with Crippen LogP contribution in [0.5, 0.6) is 11.5 Å². The van der Waals surface area contributed by atoms with Gasteiger partial charge in [-0.2, -0.15) is 0 Å². The number of nitrogens with zero attached hydrogens (tertiary/aromatic N) is 1. The number of carbonyl (C=O) groups is 1. The van der Waals surface area contributed by atoms with E-state index in [-0.39, 0.29) is 22.7 Å². The van der Waals surface area contributed by atoms with Gasteiger partial charge < -0.3 is 15.2 Å². The van der Waals surface area contributed by atoms with Crippen molar-refractivity contribution in [3.05, 3.63) is 85.4 Å². The van der Waals surface area contributed by atoms with Crippen LogP contribution in [-0.2, 0) is 6.42 Å². The zero-order valence-corrected chi connectivity index (χ0v) is 16.1. The van der Waals surface area contributed by atoms with Gasteiger partial charge in [0.25, 0.3) is 5.69 Å². The topological polar surface area (TPSA) is 102 Å². The molecule has 1 aliphatic rings. The van der Waals surface area contributed by atoms with Crippen molar-refractivity contribution in [3.63, 3.8) is 0 Å². The summed E-state index contributed by atoms with van der Waals surface area (Å²) in [5.41, 5.74) is 2.02. The fourth-order valence-electron chi connectivity index (χ4n) is 3.10. The number of aromatic carboxylic acids is 1. The first-order valence-corrected chi connectivity index (χ1v) is 9.15. The van der Waals surface area contributed by atoms with E-state index in [0.29, 0.717) is 27.9 Å². The van der Waals surface area contributed by atoms with E-state index in [2.05, 4.69) is 5.32 Å². The summed E-state index contributed by atoms with van der Waals surface area (Å²) in [7, 11) is 0. The van der Waals surface area contributed by atoms with Gasteiger partial charge in [-0.1, -0.05) is 35.3 Å². The Labute approximate surface area is 174 Å². The van der Waals surface area contributed by atoms with Crippen molar-refractivity contribution in [3.8, 4) is 11.5 Å². The number of hydrogen-bond acceptors (Lipinski definition) is 5. The number of hydrogen-bond donors (Lipinski definition) is 2. The molecule has 1 heterocycles. The van der Waals surface area contributed by atoms with Crippen LogP contribution in [0.1, 0.15) is 21.5 Å². The maximum Gasteiger partial charge on any atom is 0.338 e. The first kappa shape index (κ1) is 19.0. The Hall–Kier alpha value is -3.29. The average Bonchev–Trinajstić information content (AvgIpc) is 2.68. The monoisotopic (exact) mass is 430 g/mol. The zero-order chi connectivity index (χ0) is 20.7. The fourth-order valence-corrected chi connectivity index (χ4v) is 3.42. The Bertz CT molecular complexity index is 1180. The Morgan fingerprint density at radius 1 is 1.03 bits per heavy atom. The molecule has 146 valence electrons. The number of carboxylic acid groups (broad SMARTS) is 1. The van der Waals surface area contributed by atoms with Gasteiger partial charge in [0, 0.05) is 6.07 Å². The third-order valence-corrected chi connectivity index (χ3v) is 5.18. The normalized spacial score (nSPS) is 11.7. The molecule has 9 heteroatoms. The molecule has 2 N–H and O–H groups in total. The van der Waals surface area contributed by atoms with E-state index in [1.807, 2.05) is 18.2 Å². The van der Waals surface area contributed by atoms with Gasteiger partial charge in [0.15, 0.2) is 11.5 Å². The van der Waals surface area contributed by atoms with Gasteiger partial charge in [0.2, 0.25) is 0 Å². The molecular weight excluding hydrogens is 419 g/mol. The van der Waals surface area contributed by atoms with Gasteiger partial charge in [0.05, 0.1) is 38.0 Å². The highest BCUT2D eigenvalue weighted by molar-refractivity contribution is 6.42. The first-order chi connectivity index (χ1) is 13.8. The third-order valence-electron chi connectivity index (χ3n) is 4.44. The number of nitro benzene ring substituents is 1. The zero-order valence-electron chi connectivity index (χ0n) is 14.6. The molecule has 3 aromatic rings. The van der Waals surface area contributed by atoms with E-state index in [1.165, 1.54) is 6.07 Å². The molecule has 0 spiro atoms. The molecule has 0 saturated carbocycles. The van der Waals surface area contributed by atoms with Crippen LogP contribution < -0.4 is 10.1 Å². The van der Waals surface area contributed by atoms with Gasteiger partial charge in [-0.3, -0.25) is 10.1 Å². The summed E-state index contributed by atoms with van der Waals surface area (Å²) in [6, 6.07) is 13.0. The van der Waals surface area contributed by atoms with Gasteiger partial charge in [-0.15, -0.1) is 0 Å². The second-order valence-electron chi connectivity index (χ2n) is 6.41. The molecule has 0 atom stereocenters. The molecule has 0 amide bonds. The van der Waals surface area contributed by atoms with E-state index >= 15 is 0 Å². The smallest absolute Gasteiger partial charge is 0.338 e. The summed E-state index contributed by atoms with van der Waals surface area (Å²) in [5.74, 6) is -0.773. The van der Waals surface area contributed by atoms with Crippen molar-refractivity contribution < 1.29 is 19.6 Å². The molecule has 7 nitrogen and oxygen atoms in total. The van der Waals surface area contributed by atoms with Crippen molar-refractivity contribution >= 4 is 46.2 Å². The minimum Gasteiger partial charge on any atom is -0.478 e. The minimum atomic E-state index is -1.29. The highest BCUT2D eigenvalue weighted by atomic mass is 35.5. The lowest BCUT2D eigenvalue weighted by Gasteiger charge is -2.23. The van der Waals surface area contributed by atoms with Crippen molar-refractivity contribution in [2.75, 3.05) is 5.32 Å². The summed E-state index contributed by atoms with van der Waals surface area (Å²) in [5, 5.41) is 24.5.